The maximum atomic E-state index is 13.2. The van der Waals surface area contributed by atoms with Crippen molar-refractivity contribution < 1.29 is 14.8 Å². The number of quaternary nitrogens is 1. The summed E-state index contributed by atoms with van der Waals surface area (Å²) in [5, 5.41) is 21.3. The molecule has 4 heteroatoms. The van der Waals surface area contributed by atoms with Gasteiger partial charge in [0, 0.05) is 12.8 Å². The summed E-state index contributed by atoms with van der Waals surface area (Å²) in [5.41, 5.74) is 0.406. The van der Waals surface area contributed by atoms with E-state index in [0.29, 0.717) is 12.8 Å². The quantitative estimate of drug-likeness (QED) is 0.829. The van der Waals surface area contributed by atoms with Gasteiger partial charge in [-0.2, -0.15) is 5.26 Å². The molecule has 0 spiro atoms. The Hall–Kier alpha value is -1.44. The molecular formula is C14H18FN2O+. The summed E-state index contributed by atoms with van der Waals surface area (Å²) < 4.78 is 13.2. The number of hydrogen-bond donors (Lipinski definition) is 2. The van der Waals surface area contributed by atoms with Gasteiger partial charge in [-0.25, -0.2) is 4.39 Å². The van der Waals surface area contributed by atoms with Crippen molar-refractivity contribution in [2.24, 2.45) is 0 Å². The molecule has 0 aliphatic carbocycles. The third-order valence-electron chi connectivity index (χ3n) is 3.66. The topological polar surface area (TPSA) is 60.6 Å². The number of nitrogens with two attached hydrogens (primary N) is 1. The van der Waals surface area contributed by atoms with E-state index < -0.39 is 11.4 Å². The van der Waals surface area contributed by atoms with Crippen LogP contribution in [0.3, 0.4) is 0 Å². The van der Waals surface area contributed by atoms with Gasteiger partial charge in [0.25, 0.3) is 0 Å². The van der Waals surface area contributed by atoms with Crippen LogP contribution in [0.4, 0.5) is 4.39 Å². The average molecular weight is 249 g/mol. The molecule has 1 saturated heterocycles. The van der Waals surface area contributed by atoms with Crippen LogP contribution in [0.1, 0.15) is 30.4 Å². The third-order valence-corrected chi connectivity index (χ3v) is 3.66. The molecule has 0 aromatic heterocycles. The van der Waals surface area contributed by atoms with Gasteiger partial charge in [0.05, 0.1) is 24.3 Å². The standard InChI is InChI=1S/C14H17FN2O/c15-13-2-1-11(9-12(13)10-16)3-4-14(18)5-7-17-8-6-14/h1-2,9,17-18H,3-8H2/p+1. The van der Waals surface area contributed by atoms with Crippen molar-refractivity contribution in [3.8, 4) is 6.07 Å². The molecular weight excluding hydrogens is 231 g/mol. The van der Waals surface area contributed by atoms with Gasteiger partial charge < -0.3 is 10.4 Å². The Bertz CT molecular complexity index is 461. The Morgan fingerprint density at radius 3 is 2.78 bits per heavy atom. The van der Waals surface area contributed by atoms with Crippen LogP contribution < -0.4 is 5.32 Å². The van der Waals surface area contributed by atoms with Crippen LogP contribution in [0, 0.1) is 17.1 Å². The van der Waals surface area contributed by atoms with E-state index in [-0.39, 0.29) is 5.56 Å². The van der Waals surface area contributed by atoms with Gasteiger partial charge in [0.15, 0.2) is 0 Å². The lowest BCUT2D eigenvalue weighted by molar-refractivity contribution is -0.668. The van der Waals surface area contributed by atoms with Crippen molar-refractivity contribution in [1.82, 2.24) is 0 Å². The van der Waals surface area contributed by atoms with E-state index in [4.69, 9.17) is 5.26 Å². The number of rotatable bonds is 3. The molecule has 3 nitrogen and oxygen atoms in total. The number of piperidine rings is 1. The zero-order chi connectivity index (χ0) is 13.0. The number of nitriles is 1. The van der Waals surface area contributed by atoms with Crippen LogP contribution in [0.5, 0.6) is 0 Å². The van der Waals surface area contributed by atoms with Crippen molar-refractivity contribution in [3.63, 3.8) is 0 Å². The Labute approximate surface area is 106 Å². The molecule has 1 aromatic rings. The maximum absolute atomic E-state index is 13.2. The Morgan fingerprint density at radius 1 is 1.39 bits per heavy atom. The number of aliphatic hydroxyl groups is 1. The molecule has 18 heavy (non-hydrogen) atoms. The normalized spacial score (nSPS) is 18.3. The second-order valence-electron chi connectivity index (χ2n) is 5.02. The second-order valence-corrected chi connectivity index (χ2v) is 5.02. The highest BCUT2D eigenvalue weighted by atomic mass is 19.1. The van der Waals surface area contributed by atoms with Gasteiger partial charge in [-0.15, -0.1) is 0 Å². The first-order valence-electron chi connectivity index (χ1n) is 6.35. The molecule has 1 aliphatic rings. The maximum Gasteiger partial charge on any atom is 0.140 e. The SMILES string of the molecule is N#Cc1cc(CCC2(O)CC[NH2+]CC2)ccc1F. The summed E-state index contributed by atoms with van der Waals surface area (Å²) >= 11 is 0. The molecule has 0 atom stereocenters. The molecule has 0 bridgehead atoms. The van der Waals surface area contributed by atoms with Gasteiger partial charge in [-0.3, -0.25) is 0 Å². The monoisotopic (exact) mass is 249 g/mol. The fraction of sp³-hybridized carbons (Fsp3) is 0.500. The first-order valence-corrected chi connectivity index (χ1v) is 6.35. The van der Waals surface area contributed by atoms with E-state index in [1.54, 1.807) is 12.1 Å². The largest absolute Gasteiger partial charge is 0.389 e. The molecule has 2 rings (SSSR count). The fourth-order valence-electron chi connectivity index (χ4n) is 2.45. The molecule has 1 heterocycles. The zero-order valence-electron chi connectivity index (χ0n) is 10.3. The molecule has 1 fully saturated rings. The van der Waals surface area contributed by atoms with Crippen LogP contribution in [0.2, 0.25) is 0 Å². The minimum atomic E-state index is -0.587. The lowest BCUT2D eigenvalue weighted by Gasteiger charge is -2.30. The second kappa shape index (κ2) is 5.47. The summed E-state index contributed by atoms with van der Waals surface area (Å²) in [6.07, 6.45) is 2.97. The molecule has 1 aromatic carbocycles. The van der Waals surface area contributed by atoms with Gasteiger partial charge in [-0.1, -0.05) is 6.07 Å². The Kier molecular flexibility index (Phi) is 3.95. The Balaban J connectivity index is 2.00. The number of benzene rings is 1. The van der Waals surface area contributed by atoms with Gasteiger partial charge in [0.2, 0.25) is 0 Å². The van der Waals surface area contributed by atoms with Crippen molar-refractivity contribution in [2.75, 3.05) is 13.1 Å². The first kappa shape index (κ1) is 13.0. The Morgan fingerprint density at radius 2 is 2.11 bits per heavy atom. The lowest BCUT2D eigenvalue weighted by atomic mass is 9.86. The molecule has 3 N–H and O–H groups in total. The summed E-state index contributed by atoms with van der Waals surface area (Å²) in [6.45, 7) is 1.92. The predicted molar refractivity (Wildman–Crippen MR) is 65.3 cm³/mol. The summed E-state index contributed by atoms with van der Waals surface area (Å²) in [7, 11) is 0. The minimum Gasteiger partial charge on any atom is -0.389 e. The fourth-order valence-corrected chi connectivity index (χ4v) is 2.45. The average Bonchev–Trinajstić information content (AvgIpc) is 2.39. The van der Waals surface area contributed by atoms with Crippen LogP contribution in [-0.4, -0.2) is 23.8 Å². The van der Waals surface area contributed by atoms with Crippen LogP contribution >= 0.6 is 0 Å². The molecule has 0 amide bonds. The lowest BCUT2D eigenvalue weighted by Crippen LogP contribution is -2.87. The highest BCUT2D eigenvalue weighted by Gasteiger charge is 2.30. The molecule has 0 radical (unpaired) electrons. The molecule has 0 saturated carbocycles. The summed E-state index contributed by atoms with van der Waals surface area (Å²) in [4.78, 5) is 0. The van der Waals surface area contributed by atoms with Crippen molar-refractivity contribution in [3.05, 3.63) is 35.1 Å². The van der Waals surface area contributed by atoms with E-state index >= 15 is 0 Å². The summed E-state index contributed by atoms with van der Waals surface area (Å²) in [6, 6.07) is 6.43. The number of nitrogens with zero attached hydrogens (tertiary/aromatic N) is 1. The molecule has 0 unspecified atom stereocenters. The van der Waals surface area contributed by atoms with E-state index in [2.05, 4.69) is 5.32 Å². The van der Waals surface area contributed by atoms with Crippen LogP contribution in [0.15, 0.2) is 18.2 Å². The highest BCUT2D eigenvalue weighted by Crippen LogP contribution is 2.23. The molecule has 96 valence electrons. The number of halogens is 1. The van der Waals surface area contributed by atoms with Crippen molar-refractivity contribution in [1.29, 1.82) is 5.26 Å². The van der Waals surface area contributed by atoms with E-state index in [1.165, 1.54) is 6.07 Å². The van der Waals surface area contributed by atoms with Gasteiger partial charge >= 0.3 is 0 Å². The number of hydrogen-bond acceptors (Lipinski definition) is 2. The smallest absolute Gasteiger partial charge is 0.140 e. The number of aryl methyl sites for hydroxylation is 1. The van der Waals surface area contributed by atoms with E-state index in [1.807, 2.05) is 6.07 Å². The molecule has 1 aliphatic heterocycles. The first-order chi connectivity index (χ1) is 8.63. The van der Waals surface area contributed by atoms with Crippen LogP contribution in [0.25, 0.3) is 0 Å². The predicted octanol–water partition coefficient (Wildman–Crippen LogP) is 0.718. The van der Waals surface area contributed by atoms with E-state index in [9.17, 15) is 9.50 Å². The third kappa shape index (κ3) is 3.06. The minimum absolute atomic E-state index is 0.0801. The van der Waals surface area contributed by atoms with Gasteiger partial charge in [-0.05, 0) is 30.5 Å². The summed E-state index contributed by atoms with van der Waals surface area (Å²) in [5.74, 6) is -0.479. The van der Waals surface area contributed by atoms with Crippen molar-refractivity contribution in [2.45, 2.75) is 31.3 Å². The van der Waals surface area contributed by atoms with Crippen LogP contribution in [-0.2, 0) is 6.42 Å². The van der Waals surface area contributed by atoms with Gasteiger partial charge in [0.1, 0.15) is 11.9 Å². The van der Waals surface area contributed by atoms with E-state index in [0.717, 1.165) is 31.5 Å². The zero-order valence-corrected chi connectivity index (χ0v) is 10.3. The highest BCUT2D eigenvalue weighted by molar-refractivity contribution is 5.34. The van der Waals surface area contributed by atoms with Crippen molar-refractivity contribution >= 4 is 0 Å².